The maximum atomic E-state index is 12.6. The van der Waals surface area contributed by atoms with Gasteiger partial charge in [-0.05, 0) is 37.5 Å². The van der Waals surface area contributed by atoms with Gasteiger partial charge in [-0.25, -0.2) is 0 Å². The second kappa shape index (κ2) is 3.91. The maximum Gasteiger partial charge on any atom is 0.159 e. The first-order chi connectivity index (χ1) is 7.72. The standard InChI is InChI=1S/C16H28O2/c1-13(2,3)9-15(7)11(17)16(8,12(15)18)10-14(4,5)6/h9-10H2,1-8H3. The molecule has 0 aromatic heterocycles. The SMILES string of the molecule is CC(C)(C)CC1(C)C(=O)C(C)(CC(C)(C)C)C1=O. The van der Waals surface area contributed by atoms with E-state index in [1.807, 2.05) is 13.8 Å². The first-order valence-electron chi connectivity index (χ1n) is 6.82. The lowest BCUT2D eigenvalue weighted by molar-refractivity contribution is -0.173. The summed E-state index contributed by atoms with van der Waals surface area (Å²) in [7, 11) is 0. The largest absolute Gasteiger partial charge is 0.297 e. The molecule has 0 unspecified atom stereocenters. The van der Waals surface area contributed by atoms with Gasteiger partial charge in [0, 0.05) is 0 Å². The summed E-state index contributed by atoms with van der Waals surface area (Å²) in [4.78, 5) is 25.1. The van der Waals surface area contributed by atoms with E-state index in [1.54, 1.807) is 0 Å². The molecule has 0 radical (unpaired) electrons. The van der Waals surface area contributed by atoms with Crippen LogP contribution < -0.4 is 0 Å². The van der Waals surface area contributed by atoms with Gasteiger partial charge in [-0.3, -0.25) is 9.59 Å². The molecule has 0 amide bonds. The Hall–Kier alpha value is -0.660. The second-order valence-electron chi connectivity index (χ2n) is 8.80. The zero-order valence-corrected chi connectivity index (χ0v) is 13.2. The van der Waals surface area contributed by atoms with Crippen molar-refractivity contribution in [3.05, 3.63) is 0 Å². The highest BCUT2D eigenvalue weighted by molar-refractivity contribution is 6.30. The van der Waals surface area contributed by atoms with Gasteiger partial charge in [0.05, 0.1) is 10.8 Å². The molecule has 1 aliphatic carbocycles. The molecule has 0 N–H and O–H groups in total. The molecular weight excluding hydrogens is 224 g/mol. The molecule has 0 saturated heterocycles. The van der Waals surface area contributed by atoms with Crippen molar-refractivity contribution in [2.75, 3.05) is 0 Å². The molecule has 0 bridgehead atoms. The van der Waals surface area contributed by atoms with Crippen molar-refractivity contribution in [2.45, 2.75) is 68.2 Å². The van der Waals surface area contributed by atoms with Crippen LogP contribution >= 0.6 is 0 Å². The molecule has 0 atom stereocenters. The van der Waals surface area contributed by atoms with Gasteiger partial charge in [-0.1, -0.05) is 41.5 Å². The number of hydrogen-bond acceptors (Lipinski definition) is 2. The molecule has 2 nitrogen and oxygen atoms in total. The van der Waals surface area contributed by atoms with Crippen molar-refractivity contribution in [3.8, 4) is 0 Å². The third-order valence-corrected chi connectivity index (χ3v) is 3.77. The van der Waals surface area contributed by atoms with E-state index in [4.69, 9.17) is 0 Å². The van der Waals surface area contributed by atoms with Gasteiger partial charge >= 0.3 is 0 Å². The number of carbonyl (C=O) groups excluding carboxylic acids is 2. The zero-order valence-electron chi connectivity index (χ0n) is 13.2. The van der Waals surface area contributed by atoms with Crippen LogP contribution in [0.15, 0.2) is 0 Å². The Labute approximate surface area is 112 Å². The van der Waals surface area contributed by atoms with E-state index in [-0.39, 0.29) is 22.4 Å². The average Bonchev–Trinajstić information content (AvgIpc) is 2.09. The lowest BCUT2D eigenvalue weighted by Gasteiger charge is -2.52. The van der Waals surface area contributed by atoms with Gasteiger partial charge in [0.1, 0.15) is 0 Å². The van der Waals surface area contributed by atoms with Crippen LogP contribution in [0.1, 0.15) is 68.2 Å². The molecule has 0 aliphatic heterocycles. The highest BCUT2D eigenvalue weighted by Gasteiger charge is 2.67. The summed E-state index contributed by atoms with van der Waals surface area (Å²) in [6, 6.07) is 0. The van der Waals surface area contributed by atoms with Crippen molar-refractivity contribution >= 4 is 11.6 Å². The van der Waals surface area contributed by atoms with E-state index in [2.05, 4.69) is 41.5 Å². The molecule has 18 heavy (non-hydrogen) atoms. The molecule has 1 aliphatic rings. The molecule has 2 heteroatoms. The Balaban J connectivity index is 2.96. The second-order valence-corrected chi connectivity index (χ2v) is 8.80. The molecule has 1 rings (SSSR count). The van der Waals surface area contributed by atoms with Gasteiger partial charge in [-0.2, -0.15) is 0 Å². The van der Waals surface area contributed by atoms with Crippen LogP contribution in [-0.2, 0) is 9.59 Å². The van der Waals surface area contributed by atoms with Gasteiger partial charge < -0.3 is 0 Å². The molecule has 1 saturated carbocycles. The van der Waals surface area contributed by atoms with Gasteiger partial charge in [-0.15, -0.1) is 0 Å². The van der Waals surface area contributed by atoms with E-state index in [9.17, 15) is 9.59 Å². The highest BCUT2D eigenvalue weighted by Crippen LogP contribution is 2.56. The Bertz CT molecular complexity index is 327. The van der Waals surface area contributed by atoms with E-state index >= 15 is 0 Å². The van der Waals surface area contributed by atoms with Crippen LogP contribution in [0.2, 0.25) is 0 Å². The first kappa shape index (κ1) is 15.4. The van der Waals surface area contributed by atoms with Gasteiger partial charge in [0.2, 0.25) is 0 Å². The maximum absolute atomic E-state index is 12.6. The van der Waals surface area contributed by atoms with Crippen LogP contribution in [0.25, 0.3) is 0 Å². The Morgan fingerprint density at radius 3 is 1.11 bits per heavy atom. The minimum absolute atomic E-state index is 0.00311. The van der Waals surface area contributed by atoms with Crippen molar-refractivity contribution < 1.29 is 9.59 Å². The summed E-state index contributed by atoms with van der Waals surface area (Å²) in [5, 5.41) is 0. The topological polar surface area (TPSA) is 34.1 Å². The minimum atomic E-state index is -0.752. The van der Waals surface area contributed by atoms with Crippen molar-refractivity contribution in [1.29, 1.82) is 0 Å². The summed E-state index contributed by atoms with van der Waals surface area (Å²) in [6.07, 6.45) is 1.30. The molecule has 0 spiro atoms. The Morgan fingerprint density at radius 1 is 0.722 bits per heavy atom. The summed E-state index contributed by atoms with van der Waals surface area (Å²) in [6.45, 7) is 16.1. The van der Waals surface area contributed by atoms with Crippen LogP contribution in [0.5, 0.6) is 0 Å². The lowest BCUT2D eigenvalue weighted by atomic mass is 9.46. The Kier molecular flexibility index (Phi) is 3.35. The summed E-state index contributed by atoms with van der Waals surface area (Å²) in [5.74, 6) is 0.287. The van der Waals surface area contributed by atoms with Gasteiger partial charge in [0.15, 0.2) is 11.6 Å². The summed E-state index contributed by atoms with van der Waals surface area (Å²) < 4.78 is 0. The molecule has 0 heterocycles. The average molecular weight is 252 g/mol. The van der Waals surface area contributed by atoms with Crippen molar-refractivity contribution in [2.24, 2.45) is 21.7 Å². The number of carbonyl (C=O) groups is 2. The fourth-order valence-electron chi connectivity index (χ4n) is 3.80. The van der Waals surface area contributed by atoms with Crippen LogP contribution in [0.3, 0.4) is 0 Å². The smallest absolute Gasteiger partial charge is 0.159 e. The lowest BCUT2D eigenvalue weighted by Crippen LogP contribution is -2.65. The monoisotopic (exact) mass is 252 g/mol. The summed E-state index contributed by atoms with van der Waals surface area (Å²) >= 11 is 0. The number of ketones is 2. The fourth-order valence-corrected chi connectivity index (χ4v) is 3.80. The van der Waals surface area contributed by atoms with Crippen LogP contribution in [0, 0.1) is 21.7 Å². The molecular formula is C16H28O2. The predicted octanol–water partition coefficient (Wildman–Crippen LogP) is 4.02. The first-order valence-corrected chi connectivity index (χ1v) is 6.82. The Morgan fingerprint density at radius 2 is 0.944 bits per heavy atom. The van der Waals surface area contributed by atoms with E-state index < -0.39 is 10.8 Å². The van der Waals surface area contributed by atoms with Crippen LogP contribution in [-0.4, -0.2) is 11.6 Å². The molecule has 1 fully saturated rings. The number of Topliss-reactive ketones (excluding diaryl/α,β-unsaturated/α-hetero) is 2. The fraction of sp³-hybridized carbons (Fsp3) is 0.875. The molecule has 0 aromatic rings. The minimum Gasteiger partial charge on any atom is -0.297 e. The zero-order chi connectivity index (χ0) is 14.6. The van der Waals surface area contributed by atoms with Crippen LogP contribution in [0.4, 0.5) is 0 Å². The van der Waals surface area contributed by atoms with E-state index in [0.717, 1.165) is 0 Å². The molecule has 0 aromatic carbocycles. The van der Waals surface area contributed by atoms with E-state index in [1.165, 1.54) is 0 Å². The third kappa shape index (κ3) is 2.53. The quantitative estimate of drug-likeness (QED) is 0.695. The number of rotatable bonds is 2. The van der Waals surface area contributed by atoms with Crippen molar-refractivity contribution in [1.82, 2.24) is 0 Å². The van der Waals surface area contributed by atoms with E-state index in [0.29, 0.717) is 12.8 Å². The predicted molar refractivity (Wildman–Crippen MR) is 74.4 cm³/mol. The molecule has 104 valence electrons. The van der Waals surface area contributed by atoms with Gasteiger partial charge in [0.25, 0.3) is 0 Å². The highest BCUT2D eigenvalue weighted by atomic mass is 16.2. The normalized spacial score (nSPS) is 33.6. The third-order valence-electron chi connectivity index (χ3n) is 3.77. The number of hydrogen-bond donors (Lipinski definition) is 0. The van der Waals surface area contributed by atoms with Crippen molar-refractivity contribution in [3.63, 3.8) is 0 Å². The summed E-state index contributed by atoms with van der Waals surface area (Å²) in [5.41, 5.74) is -1.50.